The van der Waals surface area contributed by atoms with Crippen molar-refractivity contribution in [2.45, 2.75) is 39.0 Å². The van der Waals surface area contributed by atoms with Crippen LogP contribution in [0.25, 0.3) is 5.69 Å². The maximum atomic E-state index is 12.7. The zero-order valence-corrected chi connectivity index (χ0v) is 13.5. The number of nitrogens with zero attached hydrogens (tertiary/aromatic N) is 1. The molecular weight excluding hydrogens is 286 g/mol. The molecule has 0 spiro atoms. The Kier molecular flexibility index (Phi) is 4.59. The van der Waals surface area contributed by atoms with Crippen LogP contribution in [-0.2, 0) is 11.8 Å². The normalized spacial score (nSPS) is 11.9. The molecule has 0 aliphatic rings. The molecule has 2 rings (SSSR count). The van der Waals surface area contributed by atoms with E-state index in [0.717, 1.165) is 23.4 Å². The number of rotatable bonds is 4. The fourth-order valence-corrected chi connectivity index (χ4v) is 2.50. The molecule has 0 unspecified atom stereocenters. The number of halogens is 1. The fourth-order valence-electron chi connectivity index (χ4n) is 2.38. The summed E-state index contributed by atoms with van der Waals surface area (Å²) in [4.78, 5) is 12.7. The molecule has 0 amide bonds. The predicted molar refractivity (Wildman–Crippen MR) is 87.5 cm³/mol. The van der Waals surface area contributed by atoms with E-state index < -0.39 is 0 Å². The number of nitrogens with two attached hydrogens (primary N) is 1. The second-order valence-corrected chi connectivity index (χ2v) is 6.66. The topological polar surface area (TPSA) is 63.8 Å². The van der Waals surface area contributed by atoms with Crippen LogP contribution >= 0.6 is 11.6 Å². The van der Waals surface area contributed by atoms with Gasteiger partial charge in [0.25, 0.3) is 5.56 Å². The van der Waals surface area contributed by atoms with Gasteiger partial charge in [-0.1, -0.05) is 32.4 Å². The highest BCUT2D eigenvalue weighted by Gasteiger charge is 2.24. The summed E-state index contributed by atoms with van der Waals surface area (Å²) in [7, 11) is 0. The van der Waals surface area contributed by atoms with E-state index in [0.29, 0.717) is 18.0 Å². The zero-order valence-electron chi connectivity index (χ0n) is 12.7. The van der Waals surface area contributed by atoms with Crippen LogP contribution in [0.3, 0.4) is 0 Å². The van der Waals surface area contributed by atoms with Gasteiger partial charge in [0.2, 0.25) is 0 Å². The predicted octanol–water partition coefficient (Wildman–Crippen LogP) is 3.01. The molecule has 0 fully saturated rings. The van der Waals surface area contributed by atoms with E-state index in [1.54, 1.807) is 16.8 Å². The molecule has 2 aromatic rings. The summed E-state index contributed by atoms with van der Waals surface area (Å²) in [6.07, 6.45) is 1.50. The molecule has 4 nitrogen and oxygen atoms in total. The largest absolute Gasteiger partial charge is 0.330 e. The number of aromatic nitrogens is 2. The van der Waals surface area contributed by atoms with E-state index in [1.807, 2.05) is 12.1 Å². The summed E-state index contributed by atoms with van der Waals surface area (Å²) in [5.74, 6) is 0. The first-order chi connectivity index (χ1) is 9.84. The quantitative estimate of drug-likeness (QED) is 0.912. The third kappa shape index (κ3) is 3.39. The number of benzene rings is 1. The molecular formula is C16H22ClN3O. The highest BCUT2D eigenvalue weighted by atomic mass is 35.5. The third-order valence-electron chi connectivity index (χ3n) is 3.45. The molecule has 21 heavy (non-hydrogen) atoms. The van der Waals surface area contributed by atoms with Crippen molar-refractivity contribution in [3.8, 4) is 5.69 Å². The van der Waals surface area contributed by atoms with Crippen molar-refractivity contribution in [3.05, 3.63) is 50.9 Å². The van der Waals surface area contributed by atoms with Gasteiger partial charge in [0.15, 0.2) is 0 Å². The minimum Gasteiger partial charge on any atom is -0.330 e. The van der Waals surface area contributed by atoms with Crippen LogP contribution in [0.1, 0.15) is 38.4 Å². The van der Waals surface area contributed by atoms with E-state index in [4.69, 9.17) is 17.3 Å². The number of H-pyrrole nitrogens is 1. The zero-order chi connectivity index (χ0) is 15.6. The summed E-state index contributed by atoms with van der Waals surface area (Å²) >= 11 is 5.91. The Labute approximate surface area is 129 Å². The van der Waals surface area contributed by atoms with Crippen molar-refractivity contribution in [3.63, 3.8) is 0 Å². The Morgan fingerprint density at radius 2 is 1.86 bits per heavy atom. The molecule has 1 aromatic carbocycles. The van der Waals surface area contributed by atoms with Gasteiger partial charge in [-0.05, 0) is 43.7 Å². The summed E-state index contributed by atoms with van der Waals surface area (Å²) in [5, 5.41) is 3.91. The van der Waals surface area contributed by atoms with Gasteiger partial charge in [0, 0.05) is 21.7 Å². The van der Waals surface area contributed by atoms with Crippen molar-refractivity contribution >= 4 is 11.6 Å². The first-order valence-corrected chi connectivity index (χ1v) is 7.53. The highest BCUT2D eigenvalue weighted by molar-refractivity contribution is 6.30. The number of nitrogens with one attached hydrogen (secondary N) is 1. The van der Waals surface area contributed by atoms with Gasteiger partial charge >= 0.3 is 0 Å². The van der Waals surface area contributed by atoms with Gasteiger partial charge in [0.05, 0.1) is 5.69 Å². The maximum absolute atomic E-state index is 12.7. The number of aromatic amines is 1. The number of hydrogen-bond acceptors (Lipinski definition) is 2. The van der Waals surface area contributed by atoms with E-state index >= 15 is 0 Å². The van der Waals surface area contributed by atoms with Gasteiger partial charge in [-0.15, -0.1) is 0 Å². The van der Waals surface area contributed by atoms with E-state index in [-0.39, 0.29) is 11.0 Å². The molecule has 0 saturated heterocycles. The second-order valence-electron chi connectivity index (χ2n) is 6.22. The summed E-state index contributed by atoms with van der Waals surface area (Å²) < 4.78 is 1.59. The Morgan fingerprint density at radius 1 is 1.24 bits per heavy atom. The molecule has 0 atom stereocenters. The average molecular weight is 308 g/mol. The molecule has 0 aliphatic carbocycles. The monoisotopic (exact) mass is 307 g/mol. The Morgan fingerprint density at radius 3 is 2.38 bits per heavy atom. The Balaban J connectivity index is 2.55. The fraction of sp³-hybridized carbons (Fsp3) is 0.438. The molecule has 5 heteroatoms. The summed E-state index contributed by atoms with van der Waals surface area (Å²) in [6, 6.07) is 7.22. The van der Waals surface area contributed by atoms with Gasteiger partial charge in [-0.3, -0.25) is 9.89 Å². The molecule has 0 radical (unpaired) electrons. The van der Waals surface area contributed by atoms with Crippen molar-refractivity contribution in [2.24, 2.45) is 5.73 Å². The van der Waals surface area contributed by atoms with Crippen LogP contribution in [0, 0.1) is 0 Å². The van der Waals surface area contributed by atoms with Crippen molar-refractivity contribution in [2.75, 3.05) is 6.54 Å². The summed E-state index contributed by atoms with van der Waals surface area (Å²) in [5.41, 5.74) is 8.03. The highest BCUT2D eigenvalue weighted by Crippen LogP contribution is 2.24. The van der Waals surface area contributed by atoms with Crippen LogP contribution in [0.2, 0.25) is 5.02 Å². The smallest absolute Gasteiger partial charge is 0.274 e. The van der Waals surface area contributed by atoms with Crippen molar-refractivity contribution in [1.29, 1.82) is 0 Å². The lowest BCUT2D eigenvalue weighted by molar-refractivity contribution is 0.553. The third-order valence-corrected chi connectivity index (χ3v) is 3.70. The van der Waals surface area contributed by atoms with Gasteiger partial charge in [0.1, 0.15) is 0 Å². The lowest BCUT2D eigenvalue weighted by Crippen LogP contribution is -2.19. The molecule has 114 valence electrons. The Hall–Kier alpha value is -1.52. The second kappa shape index (κ2) is 6.08. The van der Waals surface area contributed by atoms with E-state index in [1.165, 1.54) is 0 Å². The van der Waals surface area contributed by atoms with Crippen molar-refractivity contribution in [1.82, 2.24) is 9.78 Å². The molecule has 1 heterocycles. The molecule has 3 N–H and O–H groups in total. The standard InChI is InChI=1S/C16H22ClN3O/c1-16(2,3)14-13(5-4-10-18)15(21)20(19-14)12-8-6-11(17)7-9-12/h6-9,19H,4-5,10,18H2,1-3H3. The van der Waals surface area contributed by atoms with E-state index in [2.05, 4.69) is 25.9 Å². The van der Waals surface area contributed by atoms with Crippen LogP contribution in [0.5, 0.6) is 0 Å². The van der Waals surface area contributed by atoms with Crippen LogP contribution in [0.4, 0.5) is 0 Å². The molecule has 1 aromatic heterocycles. The van der Waals surface area contributed by atoms with Gasteiger partial charge in [-0.2, -0.15) is 0 Å². The minimum atomic E-state index is -0.124. The molecule has 0 saturated carbocycles. The molecule has 0 aliphatic heterocycles. The van der Waals surface area contributed by atoms with Crippen LogP contribution in [0.15, 0.2) is 29.1 Å². The molecule has 0 bridgehead atoms. The lowest BCUT2D eigenvalue weighted by atomic mass is 9.88. The van der Waals surface area contributed by atoms with Crippen molar-refractivity contribution < 1.29 is 0 Å². The van der Waals surface area contributed by atoms with Crippen LogP contribution < -0.4 is 11.3 Å². The van der Waals surface area contributed by atoms with Gasteiger partial charge in [-0.25, -0.2) is 4.68 Å². The Bertz CT molecular complexity index is 662. The first-order valence-electron chi connectivity index (χ1n) is 7.15. The van der Waals surface area contributed by atoms with Gasteiger partial charge < -0.3 is 5.73 Å². The lowest BCUT2D eigenvalue weighted by Gasteiger charge is -2.18. The minimum absolute atomic E-state index is 0.00398. The SMILES string of the molecule is CC(C)(C)c1[nH]n(-c2ccc(Cl)cc2)c(=O)c1CCCN. The summed E-state index contributed by atoms with van der Waals surface area (Å²) in [6.45, 7) is 6.86. The van der Waals surface area contributed by atoms with Crippen LogP contribution in [-0.4, -0.2) is 16.3 Å². The maximum Gasteiger partial charge on any atom is 0.274 e. The number of hydrogen-bond donors (Lipinski definition) is 2. The van der Waals surface area contributed by atoms with E-state index in [9.17, 15) is 4.79 Å². The first kappa shape index (κ1) is 15.9. The average Bonchev–Trinajstić information content (AvgIpc) is 2.74.